The van der Waals surface area contributed by atoms with E-state index in [9.17, 15) is 4.79 Å². The Bertz CT molecular complexity index is 91.1. The first-order valence-electron chi connectivity index (χ1n) is 3.22. The number of hydrogen-bond acceptors (Lipinski definition) is 3. The Balaban J connectivity index is 1.85. The Morgan fingerprint density at radius 2 is 2.56 bits per heavy atom. The third-order valence-corrected chi connectivity index (χ3v) is 1.58. The van der Waals surface area contributed by atoms with E-state index >= 15 is 0 Å². The van der Waals surface area contributed by atoms with Crippen LogP contribution in [0.15, 0.2) is 0 Å². The SMILES string of the molecule is O=COCCC1CCN1. The Morgan fingerprint density at radius 1 is 1.78 bits per heavy atom. The van der Waals surface area contributed by atoms with E-state index in [4.69, 9.17) is 0 Å². The Labute approximate surface area is 54.4 Å². The van der Waals surface area contributed by atoms with Crippen LogP contribution in [0.5, 0.6) is 0 Å². The molecule has 0 aromatic carbocycles. The highest BCUT2D eigenvalue weighted by Crippen LogP contribution is 2.05. The van der Waals surface area contributed by atoms with Crippen LogP contribution in [-0.2, 0) is 9.53 Å². The fourth-order valence-electron chi connectivity index (χ4n) is 0.853. The number of ether oxygens (including phenoxy) is 1. The molecule has 1 fully saturated rings. The third kappa shape index (κ3) is 2.01. The molecule has 52 valence electrons. The lowest BCUT2D eigenvalue weighted by atomic mass is 10.1. The zero-order valence-corrected chi connectivity index (χ0v) is 5.30. The molecule has 1 aliphatic rings. The summed E-state index contributed by atoms with van der Waals surface area (Å²) in [5.41, 5.74) is 0. The summed E-state index contributed by atoms with van der Waals surface area (Å²) < 4.78 is 4.52. The maximum Gasteiger partial charge on any atom is 0.293 e. The lowest BCUT2D eigenvalue weighted by Crippen LogP contribution is -2.43. The van der Waals surface area contributed by atoms with E-state index in [2.05, 4.69) is 10.1 Å². The van der Waals surface area contributed by atoms with Crippen molar-refractivity contribution in [2.75, 3.05) is 13.2 Å². The van der Waals surface area contributed by atoms with Crippen molar-refractivity contribution in [2.45, 2.75) is 18.9 Å². The number of carbonyl (C=O) groups excluding carboxylic acids is 1. The van der Waals surface area contributed by atoms with E-state index in [-0.39, 0.29) is 0 Å². The lowest BCUT2D eigenvalue weighted by Gasteiger charge is -2.26. The first kappa shape index (κ1) is 6.55. The summed E-state index contributed by atoms with van der Waals surface area (Å²) in [7, 11) is 0. The second kappa shape index (κ2) is 3.45. The number of nitrogens with one attached hydrogen (secondary N) is 1. The average molecular weight is 129 g/mol. The first-order chi connectivity index (χ1) is 4.43. The summed E-state index contributed by atoms with van der Waals surface area (Å²) in [6.45, 7) is 2.17. The standard InChI is InChI=1S/C6H11NO2/c8-5-9-4-2-6-1-3-7-6/h5-7H,1-4H2. The van der Waals surface area contributed by atoms with Crippen LogP contribution >= 0.6 is 0 Å². The normalized spacial score (nSPS) is 24.7. The van der Waals surface area contributed by atoms with Crippen molar-refractivity contribution in [3.63, 3.8) is 0 Å². The summed E-state index contributed by atoms with van der Waals surface area (Å²) in [6.07, 6.45) is 2.18. The summed E-state index contributed by atoms with van der Waals surface area (Å²) >= 11 is 0. The quantitative estimate of drug-likeness (QED) is 0.426. The largest absolute Gasteiger partial charge is 0.468 e. The van der Waals surface area contributed by atoms with Gasteiger partial charge in [0.25, 0.3) is 6.47 Å². The molecule has 3 heteroatoms. The summed E-state index contributed by atoms with van der Waals surface area (Å²) in [5, 5.41) is 3.21. The molecule has 0 bridgehead atoms. The van der Waals surface area contributed by atoms with Gasteiger partial charge in [-0.25, -0.2) is 0 Å². The molecule has 0 spiro atoms. The molecule has 1 heterocycles. The van der Waals surface area contributed by atoms with E-state index in [1.807, 2.05) is 0 Å². The van der Waals surface area contributed by atoms with Gasteiger partial charge < -0.3 is 10.1 Å². The molecule has 1 saturated heterocycles. The maximum atomic E-state index is 9.65. The molecule has 3 nitrogen and oxygen atoms in total. The van der Waals surface area contributed by atoms with Gasteiger partial charge >= 0.3 is 0 Å². The lowest BCUT2D eigenvalue weighted by molar-refractivity contribution is -0.129. The molecule has 0 saturated carbocycles. The van der Waals surface area contributed by atoms with Gasteiger partial charge in [-0.15, -0.1) is 0 Å². The number of carbonyl (C=O) groups is 1. The van der Waals surface area contributed by atoms with Crippen LogP contribution in [0, 0.1) is 0 Å². The van der Waals surface area contributed by atoms with Gasteiger partial charge in [-0.1, -0.05) is 0 Å². The van der Waals surface area contributed by atoms with Crippen LogP contribution in [0.2, 0.25) is 0 Å². The average Bonchev–Trinajstić information content (AvgIpc) is 1.76. The predicted molar refractivity (Wildman–Crippen MR) is 33.0 cm³/mol. The van der Waals surface area contributed by atoms with Gasteiger partial charge in [0.05, 0.1) is 6.61 Å². The van der Waals surface area contributed by atoms with E-state index < -0.39 is 0 Å². The molecule has 1 rings (SSSR count). The van der Waals surface area contributed by atoms with Crippen LogP contribution in [-0.4, -0.2) is 25.7 Å². The zero-order chi connectivity index (χ0) is 6.53. The van der Waals surface area contributed by atoms with Crippen molar-refractivity contribution in [1.82, 2.24) is 5.32 Å². The topological polar surface area (TPSA) is 38.3 Å². The molecule has 0 aromatic heterocycles. The molecule has 0 aliphatic carbocycles. The van der Waals surface area contributed by atoms with E-state index in [1.165, 1.54) is 6.42 Å². The molecule has 0 amide bonds. The molecule has 1 N–H and O–H groups in total. The van der Waals surface area contributed by atoms with Crippen LogP contribution in [0.3, 0.4) is 0 Å². The van der Waals surface area contributed by atoms with Gasteiger partial charge in [-0.2, -0.15) is 0 Å². The second-order valence-corrected chi connectivity index (χ2v) is 2.20. The molecule has 0 radical (unpaired) electrons. The second-order valence-electron chi connectivity index (χ2n) is 2.20. The number of rotatable bonds is 4. The smallest absolute Gasteiger partial charge is 0.293 e. The van der Waals surface area contributed by atoms with Crippen molar-refractivity contribution in [1.29, 1.82) is 0 Å². The summed E-state index contributed by atoms with van der Waals surface area (Å²) in [6, 6.07) is 0.602. The van der Waals surface area contributed by atoms with Crippen LogP contribution in [0.4, 0.5) is 0 Å². The van der Waals surface area contributed by atoms with Crippen molar-refractivity contribution in [2.24, 2.45) is 0 Å². The van der Waals surface area contributed by atoms with Crippen LogP contribution < -0.4 is 5.32 Å². The molecule has 0 aromatic rings. The fraction of sp³-hybridized carbons (Fsp3) is 0.833. The Kier molecular flexibility index (Phi) is 2.51. The third-order valence-electron chi connectivity index (χ3n) is 1.58. The van der Waals surface area contributed by atoms with Crippen LogP contribution in [0.1, 0.15) is 12.8 Å². The van der Waals surface area contributed by atoms with Crippen molar-refractivity contribution >= 4 is 6.47 Å². The highest BCUT2D eigenvalue weighted by atomic mass is 16.5. The maximum absolute atomic E-state index is 9.65. The van der Waals surface area contributed by atoms with Gasteiger partial charge in [-0.05, 0) is 19.4 Å². The monoisotopic (exact) mass is 129 g/mol. The molecule has 1 atom stereocenters. The predicted octanol–water partition coefficient (Wildman–Crippen LogP) is -0.0886. The first-order valence-corrected chi connectivity index (χ1v) is 3.22. The molecular weight excluding hydrogens is 118 g/mol. The van der Waals surface area contributed by atoms with E-state index in [0.717, 1.165) is 13.0 Å². The van der Waals surface area contributed by atoms with Gasteiger partial charge in [0.15, 0.2) is 0 Å². The fourth-order valence-corrected chi connectivity index (χ4v) is 0.853. The van der Waals surface area contributed by atoms with Crippen molar-refractivity contribution in [3.8, 4) is 0 Å². The summed E-state index contributed by atoms with van der Waals surface area (Å²) in [5.74, 6) is 0. The van der Waals surface area contributed by atoms with E-state index in [0.29, 0.717) is 19.1 Å². The molecule has 9 heavy (non-hydrogen) atoms. The highest BCUT2D eigenvalue weighted by Gasteiger charge is 2.14. The highest BCUT2D eigenvalue weighted by molar-refractivity contribution is 5.36. The minimum absolute atomic E-state index is 0.499. The molecule has 1 unspecified atom stereocenters. The molecule has 1 aliphatic heterocycles. The minimum Gasteiger partial charge on any atom is -0.468 e. The van der Waals surface area contributed by atoms with Gasteiger partial charge in [0, 0.05) is 6.04 Å². The van der Waals surface area contributed by atoms with Crippen LogP contribution in [0.25, 0.3) is 0 Å². The zero-order valence-electron chi connectivity index (χ0n) is 5.30. The van der Waals surface area contributed by atoms with Gasteiger partial charge in [-0.3, -0.25) is 4.79 Å². The van der Waals surface area contributed by atoms with Crippen molar-refractivity contribution < 1.29 is 9.53 Å². The summed E-state index contributed by atoms with van der Waals surface area (Å²) in [4.78, 5) is 9.65. The molecular formula is C6H11NO2. The van der Waals surface area contributed by atoms with Gasteiger partial charge in [0.2, 0.25) is 0 Å². The van der Waals surface area contributed by atoms with Crippen molar-refractivity contribution in [3.05, 3.63) is 0 Å². The van der Waals surface area contributed by atoms with E-state index in [1.54, 1.807) is 0 Å². The van der Waals surface area contributed by atoms with Gasteiger partial charge in [0.1, 0.15) is 0 Å². The Hall–Kier alpha value is -0.570. The number of hydrogen-bond donors (Lipinski definition) is 1. The minimum atomic E-state index is 0.499. The Morgan fingerprint density at radius 3 is 3.00 bits per heavy atom.